The molecule has 1 aromatic carbocycles. The van der Waals surface area contributed by atoms with E-state index in [4.69, 9.17) is 0 Å². The Morgan fingerprint density at radius 2 is 2.00 bits per heavy atom. The number of hydrogen-bond acceptors (Lipinski definition) is 3. The highest BCUT2D eigenvalue weighted by Gasteiger charge is 2.21. The summed E-state index contributed by atoms with van der Waals surface area (Å²) in [7, 11) is 0. The molecule has 0 radical (unpaired) electrons. The van der Waals surface area contributed by atoms with Crippen LogP contribution in [0.3, 0.4) is 0 Å². The van der Waals surface area contributed by atoms with Gasteiger partial charge >= 0.3 is 0 Å². The Balaban J connectivity index is 2.03. The first-order valence-corrected chi connectivity index (χ1v) is 6.89. The number of aldehydes is 1. The van der Waals surface area contributed by atoms with Gasteiger partial charge in [0.2, 0.25) is 0 Å². The summed E-state index contributed by atoms with van der Waals surface area (Å²) in [5, 5.41) is 0. The predicted molar refractivity (Wildman–Crippen MR) is 75.3 cm³/mol. The van der Waals surface area contributed by atoms with Crippen LogP contribution in [0.15, 0.2) is 18.2 Å². The summed E-state index contributed by atoms with van der Waals surface area (Å²) < 4.78 is 13.9. The highest BCUT2D eigenvalue weighted by molar-refractivity contribution is 5.76. The maximum Gasteiger partial charge on any atom is 0.150 e. The van der Waals surface area contributed by atoms with E-state index in [0.29, 0.717) is 23.6 Å². The van der Waals surface area contributed by atoms with E-state index in [0.717, 1.165) is 32.6 Å². The summed E-state index contributed by atoms with van der Waals surface area (Å²) in [5.74, 6) is -0.304. The van der Waals surface area contributed by atoms with Crippen molar-refractivity contribution in [3.63, 3.8) is 0 Å². The summed E-state index contributed by atoms with van der Waals surface area (Å²) in [5.41, 5.74) is 0.994. The fourth-order valence-electron chi connectivity index (χ4n) is 2.51. The molecular weight excluding hydrogens is 243 g/mol. The fraction of sp³-hybridized carbons (Fsp3) is 0.533. The third-order valence-electron chi connectivity index (χ3n) is 3.98. The molecule has 1 fully saturated rings. The van der Waals surface area contributed by atoms with Gasteiger partial charge in [-0.05, 0) is 31.5 Å². The van der Waals surface area contributed by atoms with E-state index in [-0.39, 0.29) is 5.82 Å². The average molecular weight is 264 g/mol. The quantitative estimate of drug-likeness (QED) is 0.781. The molecule has 0 aromatic heterocycles. The molecular formula is C15H21FN2O. The number of carbonyl (C=O) groups excluding carboxylic acids is 1. The van der Waals surface area contributed by atoms with Crippen molar-refractivity contribution in [2.75, 3.05) is 31.1 Å². The normalized spacial score (nSPS) is 18.4. The number of nitrogens with zero attached hydrogens (tertiary/aromatic N) is 2. The largest absolute Gasteiger partial charge is 0.367 e. The number of carbonyl (C=O) groups is 1. The molecule has 1 atom stereocenters. The minimum absolute atomic E-state index is 0.304. The number of anilines is 1. The van der Waals surface area contributed by atoms with Gasteiger partial charge in [-0.25, -0.2) is 4.39 Å². The van der Waals surface area contributed by atoms with Gasteiger partial charge in [-0.1, -0.05) is 6.92 Å². The predicted octanol–water partition coefficient (Wildman–Crippen LogP) is 2.56. The van der Waals surface area contributed by atoms with Crippen molar-refractivity contribution in [2.24, 2.45) is 0 Å². The average Bonchev–Trinajstić information content (AvgIpc) is 2.46. The highest BCUT2D eigenvalue weighted by atomic mass is 19.1. The van der Waals surface area contributed by atoms with Crippen molar-refractivity contribution in [1.29, 1.82) is 0 Å². The zero-order valence-electron chi connectivity index (χ0n) is 11.6. The third kappa shape index (κ3) is 3.13. The SMILES string of the molecule is CCC(C)N1CCN(c2ccc(C=O)cc2F)CC1. The molecule has 19 heavy (non-hydrogen) atoms. The van der Waals surface area contributed by atoms with Gasteiger partial charge in [0.25, 0.3) is 0 Å². The molecule has 1 heterocycles. The Hall–Kier alpha value is -1.42. The molecule has 1 aliphatic rings. The molecule has 1 saturated heterocycles. The maximum atomic E-state index is 13.9. The summed E-state index contributed by atoms with van der Waals surface area (Å²) in [4.78, 5) is 15.1. The summed E-state index contributed by atoms with van der Waals surface area (Å²) in [6.45, 7) is 8.02. The molecule has 0 aliphatic carbocycles. The van der Waals surface area contributed by atoms with E-state index < -0.39 is 0 Å². The minimum Gasteiger partial charge on any atom is -0.367 e. The van der Waals surface area contributed by atoms with Crippen molar-refractivity contribution in [3.8, 4) is 0 Å². The first-order chi connectivity index (χ1) is 9.15. The summed E-state index contributed by atoms with van der Waals surface area (Å²) >= 11 is 0. The zero-order chi connectivity index (χ0) is 13.8. The van der Waals surface area contributed by atoms with E-state index in [1.807, 2.05) is 0 Å². The monoisotopic (exact) mass is 264 g/mol. The maximum absolute atomic E-state index is 13.9. The third-order valence-corrected chi connectivity index (χ3v) is 3.98. The topological polar surface area (TPSA) is 23.6 Å². The second-order valence-corrected chi connectivity index (χ2v) is 5.11. The van der Waals surface area contributed by atoms with Gasteiger partial charge in [0.05, 0.1) is 5.69 Å². The Bertz CT molecular complexity index is 442. The zero-order valence-corrected chi connectivity index (χ0v) is 11.6. The van der Waals surface area contributed by atoms with Gasteiger partial charge in [-0.15, -0.1) is 0 Å². The molecule has 2 rings (SSSR count). The molecule has 0 amide bonds. The van der Waals surface area contributed by atoms with Gasteiger partial charge in [0, 0.05) is 37.8 Å². The van der Waals surface area contributed by atoms with Gasteiger partial charge in [-0.3, -0.25) is 9.69 Å². The van der Waals surface area contributed by atoms with E-state index >= 15 is 0 Å². The Kier molecular flexibility index (Phi) is 4.53. The Morgan fingerprint density at radius 1 is 1.32 bits per heavy atom. The molecule has 0 bridgehead atoms. The van der Waals surface area contributed by atoms with E-state index in [1.54, 1.807) is 12.1 Å². The Morgan fingerprint density at radius 3 is 2.53 bits per heavy atom. The molecule has 0 N–H and O–H groups in total. The lowest BCUT2D eigenvalue weighted by Gasteiger charge is -2.39. The summed E-state index contributed by atoms with van der Waals surface area (Å²) in [6, 6.07) is 5.28. The standard InChI is InChI=1S/C15H21FN2O/c1-3-12(2)17-6-8-18(9-7-17)15-5-4-13(11-19)10-14(15)16/h4-5,10-12H,3,6-9H2,1-2H3. The van der Waals surface area contributed by atoms with Crippen molar-refractivity contribution < 1.29 is 9.18 Å². The van der Waals surface area contributed by atoms with Crippen molar-refractivity contribution in [1.82, 2.24) is 4.90 Å². The number of rotatable bonds is 4. The molecule has 1 aliphatic heterocycles. The molecule has 4 heteroatoms. The molecule has 3 nitrogen and oxygen atoms in total. The lowest BCUT2D eigenvalue weighted by molar-refractivity contribution is 0.112. The highest BCUT2D eigenvalue weighted by Crippen LogP contribution is 2.22. The van der Waals surface area contributed by atoms with Crippen LogP contribution in [0.5, 0.6) is 0 Å². The van der Waals surface area contributed by atoms with Crippen LogP contribution in [0, 0.1) is 5.82 Å². The summed E-state index contributed by atoms with van der Waals surface area (Å²) in [6.07, 6.45) is 1.82. The molecule has 0 spiro atoms. The van der Waals surface area contributed by atoms with Gasteiger partial charge < -0.3 is 4.90 Å². The van der Waals surface area contributed by atoms with E-state index in [9.17, 15) is 9.18 Å². The van der Waals surface area contributed by atoms with Crippen LogP contribution < -0.4 is 4.90 Å². The number of benzene rings is 1. The van der Waals surface area contributed by atoms with Crippen LogP contribution in [0.2, 0.25) is 0 Å². The minimum atomic E-state index is -0.304. The lowest BCUT2D eigenvalue weighted by atomic mass is 10.1. The van der Waals surface area contributed by atoms with Gasteiger partial charge in [0.15, 0.2) is 0 Å². The van der Waals surface area contributed by atoms with E-state index in [1.165, 1.54) is 6.07 Å². The number of hydrogen-bond donors (Lipinski definition) is 0. The number of halogens is 1. The van der Waals surface area contributed by atoms with Crippen molar-refractivity contribution in [3.05, 3.63) is 29.6 Å². The second-order valence-electron chi connectivity index (χ2n) is 5.11. The molecule has 104 valence electrons. The molecule has 1 aromatic rings. The molecule has 1 unspecified atom stereocenters. The lowest BCUT2D eigenvalue weighted by Crippen LogP contribution is -2.49. The number of piperazine rings is 1. The van der Waals surface area contributed by atoms with Gasteiger partial charge in [-0.2, -0.15) is 0 Å². The van der Waals surface area contributed by atoms with Crippen LogP contribution >= 0.6 is 0 Å². The van der Waals surface area contributed by atoms with Crippen LogP contribution in [0.1, 0.15) is 30.6 Å². The smallest absolute Gasteiger partial charge is 0.150 e. The first-order valence-electron chi connectivity index (χ1n) is 6.89. The fourth-order valence-corrected chi connectivity index (χ4v) is 2.51. The van der Waals surface area contributed by atoms with Crippen LogP contribution in [0.25, 0.3) is 0 Å². The van der Waals surface area contributed by atoms with Crippen LogP contribution in [0.4, 0.5) is 10.1 Å². The van der Waals surface area contributed by atoms with Crippen LogP contribution in [-0.4, -0.2) is 43.4 Å². The van der Waals surface area contributed by atoms with Gasteiger partial charge in [0.1, 0.15) is 12.1 Å². The first kappa shape index (κ1) is 14.0. The van der Waals surface area contributed by atoms with Crippen molar-refractivity contribution in [2.45, 2.75) is 26.3 Å². The second kappa shape index (κ2) is 6.15. The molecule has 0 saturated carbocycles. The Labute approximate surface area is 114 Å². The van der Waals surface area contributed by atoms with Crippen LogP contribution in [-0.2, 0) is 0 Å². The van der Waals surface area contributed by atoms with Crippen molar-refractivity contribution >= 4 is 12.0 Å². The van der Waals surface area contributed by atoms with E-state index in [2.05, 4.69) is 23.6 Å².